The predicted molar refractivity (Wildman–Crippen MR) is 85.1 cm³/mol. The van der Waals surface area contributed by atoms with Crippen molar-refractivity contribution in [3.63, 3.8) is 0 Å². The molecule has 0 spiro atoms. The van der Waals surface area contributed by atoms with E-state index in [1.54, 1.807) is 30.3 Å². The van der Waals surface area contributed by atoms with Gasteiger partial charge in [0, 0.05) is 11.8 Å². The van der Waals surface area contributed by atoms with Crippen molar-refractivity contribution >= 4 is 21.6 Å². The Bertz CT molecular complexity index is 808. The molecule has 6 heteroatoms. The molecule has 0 aliphatic rings. The van der Waals surface area contributed by atoms with E-state index in [1.807, 2.05) is 0 Å². The number of carbonyl (C=O) groups is 2. The predicted octanol–water partition coefficient (Wildman–Crippen LogP) is 2.23. The van der Waals surface area contributed by atoms with E-state index in [0.717, 1.165) is 6.26 Å². The molecule has 0 aliphatic heterocycles. The zero-order valence-corrected chi connectivity index (χ0v) is 13.5. The van der Waals surface area contributed by atoms with Crippen LogP contribution >= 0.6 is 0 Å². The van der Waals surface area contributed by atoms with E-state index in [9.17, 15) is 18.0 Å². The molecule has 0 bridgehead atoms. The van der Waals surface area contributed by atoms with Gasteiger partial charge in [-0.05, 0) is 17.7 Å². The molecule has 0 aromatic heterocycles. The zero-order chi connectivity index (χ0) is 17.0. The summed E-state index contributed by atoms with van der Waals surface area (Å²) < 4.78 is 27.7. The molecule has 0 radical (unpaired) electrons. The second-order valence-corrected chi connectivity index (χ2v) is 7.04. The van der Waals surface area contributed by atoms with Gasteiger partial charge in [0.25, 0.3) is 0 Å². The van der Waals surface area contributed by atoms with Gasteiger partial charge in [0.1, 0.15) is 5.92 Å². The summed E-state index contributed by atoms with van der Waals surface area (Å²) in [6, 6.07) is 14.1. The molecule has 2 rings (SSSR count). The van der Waals surface area contributed by atoms with Crippen molar-refractivity contribution in [2.24, 2.45) is 0 Å². The minimum atomic E-state index is -3.34. The van der Waals surface area contributed by atoms with Gasteiger partial charge < -0.3 is 4.74 Å². The third-order valence-corrected chi connectivity index (χ3v) is 4.53. The smallest absolute Gasteiger partial charge is 0.321 e. The van der Waals surface area contributed by atoms with Gasteiger partial charge in [-0.15, -0.1) is 0 Å². The Hall–Kier alpha value is -2.47. The summed E-state index contributed by atoms with van der Waals surface area (Å²) in [7, 11) is -2.12. The molecule has 5 nitrogen and oxygen atoms in total. The van der Waals surface area contributed by atoms with Crippen LogP contribution in [0.2, 0.25) is 0 Å². The number of Topliss-reactive ketones (excluding diaryl/α,β-unsaturated/α-hetero) is 1. The fourth-order valence-electron chi connectivity index (χ4n) is 2.19. The van der Waals surface area contributed by atoms with Crippen molar-refractivity contribution in [3.05, 3.63) is 65.7 Å². The highest BCUT2D eigenvalue weighted by atomic mass is 32.2. The van der Waals surface area contributed by atoms with Crippen LogP contribution in [-0.2, 0) is 19.4 Å². The minimum absolute atomic E-state index is 0.114. The maximum atomic E-state index is 12.7. The molecular formula is C17H16O5S. The number of methoxy groups -OCH3 is 1. The van der Waals surface area contributed by atoms with E-state index in [4.69, 9.17) is 4.74 Å². The molecule has 0 saturated heterocycles. The van der Waals surface area contributed by atoms with Crippen LogP contribution in [0.5, 0.6) is 0 Å². The number of benzene rings is 2. The first-order valence-electron chi connectivity index (χ1n) is 6.81. The van der Waals surface area contributed by atoms with E-state index >= 15 is 0 Å². The fourth-order valence-corrected chi connectivity index (χ4v) is 2.82. The number of rotatable bonds is 5. The molecule has 0 amide bonds. The van der Waals surface area contributed by atoms with Crippen LogP contribution < -0.4 is 0 Å². The van der Waals surface area contributed by atoms with E-state index in [1.165, 1.54) is 31.4 Å². The van der Waals surface area contributed by atoms with Gasteiger partial charge in [-0.1, -0.05) is 42.5 Å². The SMILES string of the molecule is COC(=O)C(C(=O)c1ccc(S(C)(=O)=O)cc1)c1ccccc1. The fraction of sp³-hybridized carbons (Fsp3) is 0.176. The van der Waals surface area contributed by atoms with E-state index in [0.29, 0.717) is 5.56 Å². The van der Waals surface area contributed by atoms with Gasteiger partial charge >= 0.3 is 5.97 Å². The van der Waals surface area contributed by atoms with Gasteiger partial charge in [0.15, 0.2) is 15.6 Å². The zero-order valence-electron chi connectivity index (χ0n) is 12.7. The number of esters is 1. The Morgan fingerprint density at radius 1 is 0.957 bits per heavy atom. The molecule has 0 fully saturated rings. The second-order valence-electron chi connectivity index (χ2n) is 5.03. The largest absolute Gasteiger partial charge is 0.468 e. The first-order chi connectivity index (χ1) is 10.8. The van der Waals surface area contributed by atoms with Crippen molar-refractivity contribution in [1.82, 2.24) is 0 Å². The topological polar surface area (TPSA) is 77.5 Å². The molecule has 2 aromatic rings. The minimum Gasteiger partial charge on any atom is -0.468 e. The monoisotopic (exact) mass is 332 g/mol. The van der Waals surface area contributed by atoms with E-state index in [-0.39, 0.29) is 10.5 Å². The third kappa shape index (κ3) is 3.84. The van der Waals surface area contributed by atoms with E-state index in [2.05, 4.69) is 0 Å². The molecule has 120 valence electrons. The number of hydrogen-bond donors (Lipinski definition) is 0. The van der Waals surface area contributed by atoms with Crippen LogP contribution in [0.1, 0.15) is 21.8 Å². The first kappa shape index (κ1) is 16.9. The van der Waals surface area contributed by atoms with Crippen LogP contribution in [0.25, 0.3) is 0 Å². The molecule has 0 aliphatic carbocycles. The van der Waals surface area contributed by atoms with Crippen LogP contribution in [0.3, 0.4) is 0 Å². The molecule has 2 aromatic carbocycles. The molecule has 23 heavy (non-hydrogen) atoms. The Kier molecular flexibility index (Phi) is 4.95. The number of ether oxygens (including phenoxy) is 1. The van der Waals surface area contributed by atoms with Crippen LogP contribution in [-0.4, -0.2) is 33.5 Å². The molecular weight excluding hydrogens is 316 g/mol. The summed E-state index contributed by atoms with van der Waals surface area (Å²) in [4.78, 5) is 24.8. The maximum Gasteiger partial charge on any atom is 0.321 e. The van der Waals surface area contributed by atoms with Crippen molar-refractivity contribution in [1.29, 1.82) is 0 Å². The average molecular weight is 332 g/mol. The molecule has 0 N–H and O–H groups in total. The van der Waals surface area contributed by atoms with E-state index < -0.39 is 27.5 Å². The number of ketones is 1. The summed E-state index contributed by atoms with van der Waals surface area (Å²) in [6.45, 7) is 0. The van der Waals surface area contributed by atoms with Gasteiger partial charge in [-0.25, -0.2) is 8.42 Å². The van der Waals surface area contributed by atoms with Gasteiger partial charge in [0.2, 0.25) is 0 Å². The maximum absolute atomic E-state index is 12.7. The lowest BCUT2D eigenvalue weighted by Gasteiger charge is -2.14. The summed E-state index contributed by atoms with van der Waals surface area (Å²) in [5.41, 5.74) is 0.771. The van der Waals surface area contributed by atoms with Crippen LogP contribution in [0.15, 0.2) is 59.5 Å². The Morgan fingerprint density at radius 3 is 2.00 bits per heavy atom. The molecule has 1 unspecified atom stereocenters. The number of hydrogen-bond acceptors (Lipinski definition) is 5. The van der Waals surface area contributed by atoms with Gasteiger partial charge in [-0.3, -0.25) is 9.59 Å². The summed E-state index contributed by atoms with van der Waals surface area (Å²) in [6.07, 6.45) is 1.09. The summed E-state index contributed by atoms with van der Waals surface area (Å²) in [5.74, 6) is -2.18. The van der Waals surface area contributed by atoms with Gasteiger partial charge in [-0.2, -0.15) is 0 Å². The lowest BCUT2D eigenvalue weighted by Crippen LogP contribution is -2.23. The highest BCUT2D eigenvalue weighted by molar-refractivity contribution is 7.90. The average Bonchev–Trinajstić information content (AvgIpc) is 2.55. The lowest BCUT2D eigenvalue weighted by atomic mass is 9.91. The highest BCUT2D eigenvalue weighted by Gasteiger charge is 2.30. The quantitative estimate of drug-likeness (QED) is 0.477. The number of carbonyl (C=O) groups excluding carboxylic acids is 2. The van der Waals surface area contributed by atoms with Crippen molar-refractivity contribution in [3.8, 4) is 0 Å². The van der Waals surface area contributed by atoms with Crippen molar-refractivity contribution in [2.45, 2.75) is 10.8 Å². The third-order valence-electron chi connectivity index (χ3n) is 3.40. The van der Waals surface area contributed by atoms with Crippen molar-refractivity contribution in [2.75, 3.05) is 13.4 Å². The Morgan fingerprint density at radius 2 is 1.52 bits per heavy atom. The normalized spacial score (nSPS) is 12.4. The van der Waals surface area contributed by atoms with Crippen LogP contribution in [0.4, 0.5) is 0 Å². The highest BCUT2D eigenvalue weighted by Crippen LogP contribution is 2.23. The number of sulfone groups is 1. The first-order valence-corrected chi connectivity index (χ1v) is 8.71. The lowest BCUT2D eigenvalue weighted by molar-refractivity contribution is -0.141. The molecule has 0 heterocycles. The second kappa shape index (κ2) is 6.75. The Labute approximate surface area is 134 Å². The van der Waals surface area contributed by atoms with Crippen LogP contribution in [0, 0.1) is 0 Å². The summed E-state index contributed by atoms with van der Waals surface area (Å²) >= 11 is 0. The molecule has 0 saturated carbocycles. The van der Waals surface area contributed by atoms with Crippen molar-refractivity contribution < 1.29 is 22.7 Å². The molecule has 1 atom stereocenters. The standard InChI is InChI=1S/C17H16O5S/c1-22-17(19)15(12-6-4-3-5-7-12)16(18)13-8-10-14(11-9-13)23(2,20)21/h3-11,15H,1-2H3. The van der Waals surface area contributed by atoms with Gasteiger partial charge in [0.05, 0.1) is 12.0 Å². The Balaban J connectivity index is 2.40. The summed E-state index contributed by atoms with van der Waals surface area (Å²) in [5, 5.41) is 0.